The number of hydrogen-bond donors (Lipinski definition) is 1. The highest BCUT2D eigenvalue weighted by molar-refractivity contribution is 9.11. The summed E-state index contributed by atoms with van der Waals surface area (Å²) in [7, 11) is 5.83. The monoisotopic (exact) mass is 364 g/mol. The Bertz CT molecular complexity index is 370. The Labute approximate surface area is 120 Å². The zero-order valence-corrected chi connectivity index (χ0v) is 13.6. The van der Waals surface area contributed by atoms with Gasteiger partial charge in [-0.3, -0.25) is 0 Å². The van der Waals surface area contributed by atoms with Gasteiger partial charge in [0, 0.05) is 17.1 Å². The topological polar surface area (TPSA) is 24.5 Å². The molecule has 0 amide bonds. The fourth-order valence-corrected chi connectivity index (χ4v) is 2.74. The van der Waals surface area contributed by atoms with Gasteiger partial charge in [-0.15, -0.1) is 0 Å². The molecule has 0 atom stereocenters. The average molecular weight is 366 g/mol. The molecule has 0 aliphatic rings. The van der Waals surface area contributed by atoms with Crippen molar-refractivity contribution in [3.05, 3.63) is 21.1 Å². The van der Waals surface area contributed by atoms with Crippen LogP contribution in [0.25, 0.3) is 0 Å². The van der Waals surface area contributed by atoms with Gasteiger partial charge in [-0.05, 0) is 65.0 Å². The van der Waals surface area contributed by atoms with Gasteiger partial charge in [0.15, 0.2) is 0 Å². The summed E-state index contributed by atoms with van der Waals surface area (Å²) in [5.74, 6) is 0.836. The number of benzene rings is 1. The molecule has 17 heavy (non-hydrogen) atoms. The Hall–Kier alpha value is -0.260. The van der Waals surface area contributed by atoms with E-state index in [0.29, 0.717) is 0 Å². The van der Waals surface area contributed by atoms with Crippen LogP contribution in [0, 0.1) is 0 Å². The molecule has 5 heteroatoms. The van der Waals surface area contributed by atoms with Crippen LogP contribution in [0.1, 0.15) is 6.42 Å². The maximum absolute atomic E-state index is 5.27. The quantitative estimate of drug-likeness (QED) is 0.779. The van der Waals surface area contributed by atoms with Crippen molar-refractivity contribution in [1.29, 1.82) is 0 Å². The van der Waals surface area contributed by atoms with Crippen molar-refractivity contribution in [2.75, 3.05) is 39.6 Å². The number of nitrogens with zero attached hydrogens (tertiary/aromatic N) is 1. The number of nitrogens with one attached hydrogen (secondary N) is 1. The maximum atomic E-state index is 5.27. The van der Waals surface area contributed by atoms with Crippen LogP contribution in [0.15, 0.2) is 21.1 Å². The number of anilines is 1. The summed E-state index contributed by atoms with van der Waals surface area (Å²) in [5, 5.41) is 3.40. The molecule has 0 saturated heterocycles. The van der Waals surface area contributed by atoms with E-state index in [0.717, 1.165) is 39.9 Å². The van der Waals surface area contributed by atoms with Crippen molar-refractivity contribution in [1.82, 2.24) is 4.90 Å². The molecule has 0 aliphatic carbocycles. The summed E-state index contributed by atoms with van der Waals surface area (Å²) in [6.45, 7) is 2.03. The summed E-state index contributed by atoms with van der Waals surface area (Å²) in [4.78, 5) is 2.18. The number of rotatable bonds is 6. The molecular weight excluding hydrogens is 348 g/mol. The van der Waals surface area contributed by atoms with Crippen LogP contribution in [0.4, 0.5) is 5.69 Å². The Balaban J connectivity index is 2.58. The highest BCUT2D eigenvalue weighted by Crippen LogP contribution is 2.34. The molecule has 0 saturated carbocycles. The molecule has 0 aliphatic heterocycles. The molecule has 1 N–H and O–H groups in total. The van der Waals surface area contributed by atoms with E-state index >= 15 is 0 Å². The second kappa shape index (κ2) is 7.24. The molecule has 1 aromatic carbocycles. The van der Waals surface area contributed by atoms with Gasteiger partial charge in [0.1, 0.15) is 5.75 Å². The highest BCUT2D eigenvalue weighted by Gasteiger charge is 2.06. The summed E-state index contributed by atoms with van der Waals surface area (Å²) < 4.78 is 7.26. The van der Waals surface area contributed by atoms with E-state index in [1.54, 1.807) is 7.11 Å². The Morgan fingerprint density at radius 3 is 2.53 bits per heavy atom. The predicted molar refractivity (Wildman–Crippen MR) is 80.1 cm³/mol. The van der Waals surface area contributed by atoms with Crippen molar-refractivity contribution in [2.45, 2.75) is 6.42 Å². The molecule has 0 unspecified atom stereocenters. The first-order valence-corrected chi connectivity index (χ1v) is 7.05. The lowest BCUT2D eigenvalue weighted by Crippen LogP contribution is -2.16. The number of ether oxygens (including phenoxy) is 1. The predicted octanol–water partition coefficient (Wildman–Crippen LogP) is 3.58. The molecule has 0 spiro atoms. The number of halogens is 2. The normalized spacial score (nSPS) is 10.7. The molecule has 0 fully saturated rings. The average Bonchev–Trinajstić information content (AvgIpc) is 2.26. The third kappa shape index (κ3) is 4.85. The zero-order chi connectivity index (χ0) is 12.8. The smallest absolute Gasteiger partial charge is 0.135 e. The molecule has 0 radical (unpaired) electrons. The van der Waals surface area contributed by atoms with Crippen LogP contribution in [-0.2, 0) is 0 Å². The number of hydrogen-bond acceptors (Lipinski definition) is 3. The first-order chi connectivity index (χ1) is 8.04. The zero-order valence-electron chi connectivity index (χ0n) is 10.4. The molecule has 0 aromatic heterocycles. The van der Waals surface area contributed by atoms with E-state index in [2.05, 4.69) is 56.2 Å². The first-order valence-electron chi connectivity index (χ1n) is 5.46. The molecule has 96 valence electrons. The van der Waals surface area contributed by atoms with E-state index in [1.807, 2.05) is 12.1 Å². The van der Waals surface area contributed by atoms with Gasteiger partial charge < -0.3 is 15.0 Å². The van der Waals surface area contributed by atoms with E-state index in [-0.39, 0.29) is 0 Å². The second-order valence-electron chi connectivity index (χ2n) is 4.05. The van der Waals surface area contributed by atoms with Crippen LogP contribution in [-0.4, -0.2) is 39.2 Å². The van der Waals surface area contributed by atoms with E-state index in [9.17, 15) is 0 Å². The van der Waals surface area contributed by atoms with Crippen molar-refractivity contribution in [3.63, 3.8) is 0 Å². The Morgan fingerprint density at radius 1 is 1.24 bits per heavy atom. The van der Waals surface area contributed by atoms with Crippen molar-refractivity contribution < 1.29 is 4.74 Å². The number of methoxy groups -OCH3 is 1. The van der Waals surface area contributed by atoms with Gasteiger partial charge in [0.2, 0.25) is 0 Å². The molecular formula is C12H18Br2N2O. The van der Waals surface area contributed by atoms with Gasteiger partial charge in [-0.25, -0.2) is 0 Å². The highest BCUT2D eigenvalue weighted by atomic mass is 79.9. The SMILES string of the molecule is COc1cc(NCCCN(C)C)c(Br)cc1Br. The van der Waals surface area contributed by atoms with Crippen LogP contribution < -0.4 is 10.1 Å². The Kier molecular flexibility index (Phi) is 6.30. The summed E-state index contributed by atoms with van der Waals surface area (Å²) >= 11 is 6.99. The first kappa shape index (κ1) is 14.8. The van der Waals surface area contributed by atoms with E-state index < -0.39 is 0 Å². The maximum Gasteiger partial charge on any atom is 0.135 e. The summed E-state index contributed by atoms with van der Waals surface area (Å²) in [5.41, 5.74) is 1.06. The minimum Gasteiger partial charge on any atom is -0.495 e. The van der Waals surface area contributed by atoms with Crippen molar-refractivity contribution in [3.8, 4) is 5.75 Å². The molecule has 3 nitrogen and oxygen atoms in total. The largest absolute Gasteiger partial charge is 0.495 e. The van der Waals surface area contributed by atoms with Crippen LogP contribution in [0.5, 0.6) is 5.75 Å². The van der Waals surface area contributed by atoms with Crippen LogP contribution in [0.3, 0.4) is 0 Å². The molecule has 1 rings (SSSR count). The Morgan fingerprint density at radius 2 is 1.94 bits per heavy atom. The fourth-order valence-electron chi connectivity index (χ4n) is 1.44. The van der Waals surface area contributed by atoms with Crippen LogP contribution >= 0.6 is 31.9 Å². The molecule has 0 heterocycles. The van der Waals surface area contributed by atoms with Crippen LogP contribution in [0.2, 0.25) is 0 Å². The summed E-state index contributed by atoms with van der Waals surface area (Å²) in [6.07, 6.45) is 1.11. The van der Waals surface area contributed by atoms with E-state index in [4.69, 9.17) is 4.74 Å². The minimum absolute atomic E-state index is 0.836. The van der Waals surface area contributed by atoms with Gasteiger partial charge in [0.25, 0.3) is 0 Å². The third-order valence-electron chi connectivity index (χ3n) is 2.34. The van der Waals surface area contributed by atoms with E-state index in [1.165, 1.54) is 0 Å². The van der Waals surface area contributed by atoms with Crippen molar-refractivity contribution >= 4 is 37.5 Å². The molecule has 0 bridgehead atoms. The van der Waals surface area contributed by atoms with Gasteiger partial charge in [-0.1, -0.05) is 0 Å². The summed E-state index contributed by atoms with van der Waals surface area (Å²) in [6, 6.07) is 3.98. The lowest BCUT2D eigenvalue weighted by Gasteiger charge is -2.13. The minimum atomic E-state index is 0.836. The lowest BCUT2D eigenvalue weighted by atomic mass is 10.3. The fraction of sp³-hybridized carbons (Fsp3) is 0.500. The standard InChI is InChI=1S/C12H18Br2N2O/c1-16(2)6-4-5-15-11-8-12(17-3)10(14)7-9(11)13/h7-8,15H,4-6H2,1-3H3. The second-order valence-corrected chi connectivity index (χ2v) is 5.76. The third-order valence-corrected chi connectivity index (χ3v) is 3.61. The van der Waals surface area contributed by atoms with Gasteiger partial charge in [-0.2, -0.15) is 0 Å². The van der Waals surface area contributed by atoms with Crippen molar-refractivity contribution in [2.24, 2.45) is 0 Å². The lowest BCUT2D eigenvalue weighted by molar-refractivity contribution is 0.405. The molecule has 1 aromatic rings. The van der Waals surface area contributed by atoms with Gasteiger partial charge in [0.05, 0.1) is 17.3 Å². The van der Waals surface area contributed by atoms with Gasteiger partial charge >= 0.3 is 0 Å².